The van der Waals surface area contributed by atoms with E-state index in [1.807, 2.05) is 19.2 Å². The average Bonchev–Trinajstić information content (AvgIpc) is 2.75. The third-order valence-electron chi connectivity index (χ3n) is 6.94. The lowest BCUT2D eigenvalue weighted by Crippen LogP contribution is -2.38. The van der Waals surface area contributed by atoms with Gasteiger partial charge in [-0.25, -0.2) is 9.38 Å². The van der Waals surface area contributed by atoms with E-state index in [2.05, 4.69) is 39.5 Å². The van der Waals surface area contributed by atoms with Crippen LogP contribution in [0.4, 0.5) is 4.39 Å². The maximum absolute atomic E-state index is 14.2. The Morgan fingerprint density at radius 1 is 1.16 bits per heavy atom. The third-order valence-corrected chi connectivity index (χ3v) is 6.94. The molecule has 0 radical (unpaired) electrons. The van der Waals surface area contributed by atoms with E-state index < -0.39 is 0 Å². The minimum Gasteiger partial charge on any atom is -0.370 e. The van der Waals surface area contributed by atoms with E-state index in [1.165, 1.54) is 36.2 Å². The predicted octanol–water partition coefficient (Wildman–Crippen LogP) is 4.97. The van der Waals surface area contributed by atoms with Gasteiger partial charge in [-0.1, -0.05) is 12.1 Å². The van der Waals surface area contributed by atoms with Crippen LogP contribution in [0.15, 0.2) is 64.6 Å². The van der Waals surface area contributed by atoms with Gasteiger partial charge < -0.3 is 10.2 Å². The molecule has 1 saturated heterocycles. The van der Waals surface area contributed by atoms with Gasteiger partial charge in [0.15, 0.2) is 0 Å². The van der Waals surface area contributed by atoms with Crippen LogP contribution in [0, 0.1) is 18.7 Å². The van der Waals surface area contributed by atoms with Crippen molar-refractivity contribution in [1.82, 2.24) is 15.1 Å². The summed E-state index contributed by atoms with van der Waals surface area (Å²) >= 11 is 0. The topological polar surface area (TPSA) is 30.9 Å². The second-order valence-corrected chi connectivity index (χ2v) is 9.05. The van der Waals surface area contributed by atoms with Gasteiger partial charge in [-0.3, -0.25) is 4.90 Å². The van der Waals surface area contributed by atoms with Crippen LogP contribution in [-0.4, -0.2) is 42.3 Å². The SMILES string of the molecule is CNCC1CCN(C2=CN3C(=NC(c4ccc(C)c(F)c4)=CC3=C3CCC3)C=C2)CC1. The molecule has 162 valence electrons. The fraction of sp³-hybridized carbons (Fsp3) is 0.423. The summed E-state index contributed by atoms with van der Waals surface area (Å²) in [4.78, 5) is 9.64. The molecule has 1 saturated carbocycles. The van der Waals surface area contributed by atoms with E-state index in [9.17, 15) is 4.39 Å². The molecule has 0 aromatic heterocycles. The molecular formula is C26H31FN4. The summed E-state index contributed by atoms with van der Waals surface area (Å²) in [5, 5.41) is 3.32. The highest BCUT2D eigenvalue weighted by Gasteiger charge is 2.28. The van der Waals surface area contributed by atoms with Gasteiger partial charge in [-0.05, 0) is 94.0 Å². The zero-order valence-corrected chi connectivity index (χ0v) is 18.5. The number of aryl methyl sites for hydroxylation is 1. The second kappa shape index (κ2) is 8.46. The highest BCUT2D eigenvalue weighted by atomic mass is 19.1. The van der Waals surface area contributed by atoms with Gasteiger partial charge in [-0.15, -0.1) is 0 Å². The van der Waals surface area contributed by atoms with E-state index in [0.29, 0.717) is 5.56 Å². The quantitative estimate of drug-likeness (QED) is 0.749. The lowest BCUT2D eigenvalue weighted by atomic mass is 9.88. The number of nitrogens with one attached hydrogen (secondary N) is 1. The van der Waals surface area contributed by atoms with Crippen molar-refractivity contribution in [1.29, 1.82) is 0 Å². The molecule has 0 bridgehead atoms. The summed E-state index contributed by atoms with van der Waals surface area (Å²) < 4.78 is 14.2. The van der Waals surface area contributed by atoms with Crippen molar-refractivity contribution in [2.45, 2.75) is 39.0 Å². The van der Waals surface area contributed by atoms with Gasteiger partial charge in [0.2, 0.25) is 0 Å². The van der Waals surface area contributed by atoms with Crippen LogP contribution in [0.3, 0.4) is 0 Å². The molecule has 0 amide bonds. The molecule has 3 heterocycles. The lowest BCUT2D eigenvalue weighted by Gasteiger charge is -2.38. The average molecular weight is 419 g/mol. The molecule has 1 N–H and O–H groups in total. The number of benzene rings is 1. The molecular weight excluding hydrogens is 387 g/mol. The second-order valence-electron chi connectivity index (χ2n) is 9.05. The van der Waals surface area contributed by atoms with Crippen LogP contribution in [0.1, 0.15) is 43.2 Å². The molecule has 1 aromatic rings. The number of aliphatic imine (C=N–C) groups is 1. The first-order valence-corrected chi connectivity index (χ1v) is 11.5. The van der Waals surface area contributed by atoms with Crippen LogP contribution in [-0.2, 0) is 0 Å². The number of nitrogens with zero attached hydrogens (tertiary/aromatic N) is 3. The molecule has 0 atom stereocenters. The zero-order chi connectivity index (χ0) is 21.4. The van der Waals surface area contributed by atoms with Crippen molar-refractivity contribution in [2.75, 3.05) is 26.7 Å². The van der Waals surface area contributed by atoms with E-state index in [4.69, 9.17) is 4.99 Å². The fourth-order valence-corrected chi connectivity index (χ4v) is 4.77. The summed E-state index contributed by atoms with van der Waals surface area (Å²) in [7, 11) is 2.04. The minimum atomic E-state index is -0.179. The van der Waals surface area contributed by atoms with Gasteiger partial charge in [0.1, 0.15) is 11.7 Å². The fourth-order valence-electron chi connectivity index (χ4n) is 4.77. The van der Waals surface area contributed by atoms with E-state index in [0.717, 1.165) is 55.5 Å². The maximum atomic E-state index is 14.2. The standard InChI is InChI=1S/C26H31FN4/c1-18-6-7-21(14-23(18)27)24-15-25(20-4-3-5-20)31-17-22(8-9-26(31)29-24)30-12-10-19(11-13-30)16-28-2/h6-9,14-15,17,19,28H,3-5,10-13,16H2,1-2H3. The number of fused-ring (bicyclic) bond motifs is 1. The van der Waals surface area contributed by atoms with Crippen LogP contribution < -0.4 is 5.32 Å². The zero-order valence-electron chi connectivity index (χ0n) is 18.5. The number of amidine groups is 1. The van der Waals surface area contributed by atoms with Crippen molar-refractivity contribution in [3.05, 3.63) is 76.5 Å². The minimum absolute atomic E-state index is 0.179. The van der Waals surface area contributed by atoms with E-state index in [-0.39, 0.29) is 5.82 Å². The largest absolute Gasteiger partial charge is 0.370 e. The summed E-state index contributed by atoms with van der Waals surface area (Å²) in [5.74, 6) is 1.51. The molecule has 4 aliphatic rings. The smallest absolute Gasteiger partial charge is 0.137 e. The third kappa shape index (κ3) is 3.99. The molecule has 5 rings (SSSR count). The van der Waals surface area contributed by atoms with E-state index in [1.54, 1.807) is 13.0 Å². The summed E-state index contributed by atoms with van der Waals surface area (Å²) in [6, 6.07) is 5.41. The van der Waals surface area contributed by atoms with Crippen molar-refractivity contribution >= 4 is 11.5 Å². The van der Waals surface area contributed by atoms with Crippen LogP contribution in [0.2, 0.25) is 0 Å². The molecule has 0 unspecified atom stereocenters. The summed E-state index contributed by atoms with van der Waals surface area (Å²) in [5.41, 5.74) is 6.29. The Morgan fingerprint density at radius 2 is 1.97 bits per heavy atom. The van der Waals surface area contributed by atoms with Crippen molar-refractivity contribution in [2.24, 2.45) is 10.9 Å². The number of rotatable bonds is 4. The van der Waals surface area contributed by atoms with Crippen molar-refractivity contribution < 1.29 is 4.39 Å². The first-order valence-electron chi connectivity index (χ1n) is 11.5. The van der Waals surface area contributed by atoms with Crippen molar-refractivity contribution in [3.63, 3.8) is 0 Å². The predicted molar refractivity (Wildman–Crippen MR) is 125 cm³/mol. The molecule has 3 aliphatic heterocycles. The Hall–Kier alpha value is -2.66. The number of likely N-dealkylation sites (tertiary alicyclic amines) is 1. The highest BCUT2D eigenvalue weighted by Crippen LogP contribution is 2.37. The van der Waals surface area contributed by atoms with Crippen molar-refractivity contribution in [3.8, 4) is 0 Å². The Kier molecular flexibility index (Phi) is 5.53. The molecule has 1 aliphatic carbocycles. The van der Waals surface area contributed by atoms with Crippen LogP contribution in [0.5, 0.6) is 0 Å². The first-order chi connectivity index (χ1) is 15.1. The monoisotopic (exact) mass is 418 g/mol. The number of piperidine rings is 1. The lowest BCUT2D eigenvalue weighted by molar-refractivity contribution is 0.227. The number of allylic oxidation sites excluding steroid dienone is 3. The number of hydrogen-bond donors (Lipinski definition) is 1. The van der Waals surface area contributed by atoms with Gasteiger partial charge in [0.25, 0.3) is 0 Å². The molecule has 1 aromatic carbocycles. The molecule has 2 fully saturated rings. The Balaban J connectivity index is 1.43. The number of halogens is 1. The molecule has 4 nitrogen and oxygen atoms in total. The maximum Gasteiger partial charge on any atom is 0.137 e. The molecule has 0 spiro atoms. The Bertz CT molecular complexity index is 1020. The van der Waals surface area contributed by atoms with Gasteiger partial charge in [-0.2, -0.15) is 0 Å². The first kappa shape index (κ1) is 20.3. The normalized spacial score (nSPS) is 21.5. The van der Waals surface area contributed by atoms with Gasteiger partial charge in [0, 0.05) is 30.5 Å². The summed E-state index contributed by atoms with van der Waals surface area (Å²) in [6.45, 7) is 5.09. The van der Waals surface area contributed by atoms with E-state index >= 15 is 0 Å². The Labute approximate surface area is 184 Å². The van der Waals surface area contributed by atoms with Crippen LogP contribution in [0.25, 0.3) is 5.70 Å². The molecule has 31 heavy (non-hydrogen) atoms. The van der Waals surface area contributed by atoms with Gasteiger partial charge >= 0.3 is 0 Å². The Morgan fingerprint density at radius 3 is 2.65 bits per heavy atom. The van der Waals surface area contributed by atoms with Crippen LogP contribution >= 0.6 is 0 Å². The summed E-state index contributed by atoms with van der Waals surface area (Å²) in [6.07, 6.45) is 14.7. The van der Waals surface area contributed by atoms with Gasteiger partial charge in [0.05, 0.1) is 11.4 Å². The number of hydrogen-bond acceptors (Lipinski definition) is 4. The highest BCUT2D eigenvalue weighted by molar-refractivity contribution is 6.02. The molecule has 5 heteroatoms.